The molecule has 1 aliphatic rings. The lowest BCUT2D eigenvalue weighted by Gasteiger charge is -2.32. The monoisotopic (exact) mass is 341 g/mol. The van der Waals surface area contributed by atoms with E-state index in [0.29, 0.717) is 6.61 Å². The van der Waals surface area contributed by atoms with E-state index < -0.39 is 0 Å². The normalized spacial score (nSPS) is 21.6. The van der Waals surface area contributed by atoms with Gasteiger partial charge in [-0.15, -0.1) is 0 Å². The van der Waals surface area contributed by atoms with Crippen molar-refractivity contribution in [1.82, 2.24) is 5.32 Å². The van der Waals surface area contributed by atoms with Gasteiger partial charge in [0, 0.05) is 13.1 Å². The van der Waals surface area contributed by atoms with Crippen molar-refractivity contribution in [1.29, 1.82) is 0 Å². The first-order valence-corrected chi connectivity index (χ1v) is 8.83. The van der Waals surface area contributed by atoms with Crippen molar-refractivity contribution in [3.63, 3.8) is 0 Å². The molecule has 0 amide bonds. The van der Waals surface area contributed by atoms with Crippen molar-refractivity contribution in [2.75, 3.05) is 19.7 Å². The highest BCUT2D eigenvalue weighted by atomic mass is 16.5. The molecular formula is C22H31NO2. The maximum absolute atomic E-state index is 6.34. The number of hydrogen-bond acceptors (Lipinski definition) is 3. The van der Waals surface area contributed by atoms with Crippen molar-refractivity contribution in [3.05, 3.63) is 84.7 Å². The zero-order valence-electron chi connectivity index (χ0n) is 15.7. The summed E-state index contributed by atoms with van der Waals surface area (Å²) in [7, 11) is 0. The lowest BCUT2D eigenvalue weighted by Crippen LogP contribution is -2.46. The van der Waals surface area contributed by atoms with Crippen LogP contribution in [0.15, 0.2) is 84.7 Å². The highest BCUT2D eigenvalue weighted by Crippen LogP contribution is 2.21. The lowest BCUT2D eigenvalue weighted by atomic mass is 10.0. The molecule has 0 saturated carbocycles. The van der Waals surface area contributed by atoms with E-state index >= 15 is 0 Å². The predicted octanol–water partition coefficient (Wildman–Crippen LogP) is 4.64. The van der Waals surface area contributed by atoms with Crippen LogP contribution in [0.3, 0.4) is 0 Å². The maximum atomic E-state index is 6.34. The molecule has 0 bridgehead atoms. The van der Waals surface area contributed by atoms with Gasteiger partial charge in [0.25, 0.3) is 0 Å². The summed E-state index contributed by atoms with van der Waals surface area (Å²) in [5.74, 6) is 0.753. The van der Waals surface area contributed by atoms with Gasteiger partial charge in [0.15, 0.2) is 6.10 Å². The van der Waals surface area contributed by atoms with E-state index in [4.69, 9.17) is 9.47 Å². The van der Waals surface area contributed by atoms with Crippen molar-refractivity contribution < 1.29 is 9.47 Å². The third-order valence-corrected chi connectivity index (χ3v) is 3.57. The van der Waals surface area contributed by atoms with Gasteiger partial charge in [-0.3, -0.25) is 0 Å². The van der Waals surface area contributed by atoms with E-state index in [0.717, 1.165) is 24.4 Å². The van der Waals surface area contributed by atoms with Crippen LogP contribution < -0.4 is 5.32 Å². The molecule has 0 spiro atoms. The molecule has 0 aromatic carbocycles. The largest absolute Gasteiger partial charge is 0.483 e. The van der Waals surface area contributed by atoms with Crippen molar-refractivity contribution in [2.24, 2.45) is 0 Å². The fourth-order valence-electron chi connectivity index (χ4n) is 2.44. The van der Waals surface area contributed by atoms with Gasteiger partial charge in [-0.2, -0.15) is 0 Å². The molecule has 25 heavy (non-hydrogen) atoms. The summed E-state index contributed by atoms with van der Waals surface area (Å²) >= 11 is 0. The van der Waals surface area contributed by atoms with Gasteiger partial charge in [0.1, 0.15) is 11.9 Å². The highest BCUT2D eigenvalue weighted by molar-refractivity contribution is 5.31. The van der Waals surface area contributed by atoms with Crippen LogP contribution >= 0.6 is 0 Å². The number of allylic oxidation sites excluding steroid dienone is 10. The predicted molar refractivity (Wildman–Crippen MR) is 107 cm³/mol. The zero-order chi connectivity index (χ0) is 18.3. The summed E-state index contributed by atoms with van der Waals surface area (Å²) in [6.07, 6.45) is 21.4. The number of ether oxygens (including phenoxy) is 2. The molecule has 0 aliphatic carbocycles. The second-order valence-corrected chi connectivity index (χ2v) is 5.53. The van der Waals surface area contributed by atoms with E-state index in [9.17, 15) is 0 Å². The second kappa shape index (κ2) is 13.2. The molecule has 3 heteroatoms. The number of nitrogens with one attached hydrogen (secondary N) is 1. The van der Waals surface area contributed by atoms with E-state index in [2.05, 4.69) is 24.0 Å². The molecule has 2 atom stereocenters. The second-order valence-electron chi connectivity index (χ2n) is 5.53. The molecule has 0 unspecified atom stereocenters. The Labute approximate surface area is 152 Å². The molecule has 1 heterocycles. The molecule has 136 valence electrons. The summed E-state index contributed by atoms with van der Waals surface area (Å²) in [5, 5.41) is 3.38. The smallest absolute Gasteiger partial charge is 0.151 e. The minimum atomic E-state index is -0.207. The maximum Gasteiger partial charge on any atom is 0.151 e. The van der Waals surface area contributed by atoms with Crippen LogP contribution in [-0.4, -0.2) is 31.9 Å². The van der Waals surface area contributed by atoms with Crippen LogP contribution in [0.4, 0.5) is 0 Å². The van der Waals surface area contributed by atoms with E-state index in [1.807, 2.05) is 69.4 Å². The molecule has 3 nitrogen and oxygen atoms in total. The van der Waals surface area contributed by atoms with Gasteiger partial charge in [-0.05, 0) is 38.5 Å². The Kier molecular flexibility index (Phi) is 11.1. The van der Waals surface area contributed by atoms with Crippen LogP contribution in [0, 0.1) is 0 Å². The van der Waals surface area contributed by atoms with E-state index in [1.54, 1.807) is 6.08 Å². The summed E-state index contributed by atoms with van der Waals surface area (Å²) in [6, 6.07) is 0. The third kappa shape index (κ3) is 8.01. The first-order valence-electron chi connectivity index (χ1n) is 8.83. The van der Waals surface area contributed by atoms with Gasteiger partial charge in [0.2, 0.25) is 0 Å². The summed E-state index contributed by atoms with van der Waals surface area (Å²) in [6.45, 7) is 12.1. The number of morpholine rings is 1. The van der Waals surface area contributed by atoms with Gasteiger partial charge in [-0.1, -0.05) is 61.3 Å². The first-order chi connectivity index (χ1) is 12.3. The van der Waals surface area contributed by atoms with Crippen LogP contribution in [0.2, 0.25) is 0 Å². The Balaban J connectivity index is 3.14. The molecule has 1 N–H and O–H groups in total. The van der Waals surface area contributed by atoms with Crippen LogP contribution in [0.5, 0.6) is 0 Å². The zero-order valence-corrected chi connectivity index (χ0v) is 15.7. The quantitative estimate of drug-likeness (QED) is 0.489. The molecule has 0 aromatic heterocycles. The Morgan fingerprint density at radius 1 is 1.08 bits per heavy atom. The van der Waals surface area contributed by atoms with Crippen molar-refractivity contribution >= 4 is 0 Å². The average Bonchev–Trinajstić information content (AvgIpc) is 2.64. The standard InChI is InChI=1S/C22H31NO2/c1-5-9-11-15-20(13-8-4)25-22(21-18-23-16-17-24-21)19(12-7-3)14-10-6-2/h5-15,21-23H,4,16-18H2,1-3H3/b9-5-,10-6-,12-7-,15-11-,19-14+,20-13+/t21-,22-/m0/s1. The van der Waals surface area contributed by atoms with Crippen LogP contribution in [0.25, 0.3) is 0 Å². The first kappa shape index (κ1) is 20.9. The highest BCUT2D eigenvalue weighted by Gasteiger charge is 2.28. The summed E-state index contributed by atoms with van der Waals surface area (Å²) in [4.78, 5) is 0. The molecule has 1 fully saturated rings. The summed E-state index contributed by atoms with van der Waals surface area (Å²) in [5.41, 5.74) is 1.07. The van der Waals surface area contributed by atoms with Gasteiger partial charge >= 0.3 is 0 Å². The number of rotatable bonds is 9. The van der Waals surface area contributed by atoms with Crippen molar-refractivity contribution in [3.8, 4) is 0 Å². The topological polar surface area (TPSA) is 30.5 Å². The summed E-state index contributed by atoms with van der Waals surface area (Å²) < 4.78 is 12.3. The van der Waals surface area contributed by atoms with E-state index in [-0.39, 0.29) is 12.2 Å². The van der Waals surface area contributed by atoms with E-state index in [1.165, 1.54) is 0 Å². The third-order valence-electron chi connectivity index (χ3n) is 3.57. The Morgan fingerprint density at radius 2 is 1.88 bits per heavy atom. The molecule has 1 rings (SSSR count). The average molecular weight is 341 g/mol. The minimum Gasteiger partial charge on any atom is -0.483 e. The minimum absolute atomic E-state index is 0.0511. The van der Waals surface area contributed by atoms with Crippen LogP contribution in [-0.2, 0) is 9.47 Å². The van der Waals surface area contributed by atoms with Gasteiger partial charge in [0.05, 0.1) is 6.61 Å². The Morgan fingerprint density at radius 3 is 2.48 bits per heavy atom. The molecule has 0 aromatic rings. The SMILES string of the molecule is C=C\C=C(/C=C\C=C/C)O[C@@H](C(/C=C\C)=C/C=C\C)[C@@H]1CNCCO1. The number of hydrogen-bond donors (Lipinski definition) is 1. The molecular weight excluding hydrogens is 310 g/mol. The van der Waals surface area contributed by atoms with Gasteiger partial charge < -0.3 is 14.8 Å². The fourth-order valence-corrected chi connectivity index (χ4v) is 2.44. The molecule has 1 saturated heterocycles. The lowest BCUT2D eigenvalue weighted by molar-refractivity contribution is -0.0461. The fraction of sp³-hybridized carbons (Fsp3) is 0.364. The Bertz CT molecular complexity index is 559. The van der Waals surface area contributed by atoms with Crippen LogP contribution in [0.1, 0.15) is 20.8 Å². The van der Waals surface area contributed by atoms with Gasteiger partial charge in [-0.25, -0.2) is 0 Å². The van der Waals surface area contributed by atoms with Crippen molar-refractivity contribution in [2.45, 2.75) is 33.0 Å². The molecule has 1 aliphatic heterocycles. The Hall–Kier alpha value is -2.10. The molecule has 0 radical (unpaired) electrons.